The van der Waals surface area contributed by atoms with Crippen molar-refractivity contribution in [3.05, 3.63) is 48.4 Å². The van der Waals surface area contributed by atoms with Crippen LogP contribution in [0, 0.1) is 11.3 Å². The molecule has 11 heteroatoms. The molecular formula is C22H25N9O2. The van der Waals surface area contributed by atoms with Crippen LogP contribution in [0.5, 0.6) is 5.75 Å². The lowest BCUT2D eigenvalue weighted by Crippen LogP contribution is -2.44. The first kappa shape index (κ1) is 22.0. The first-order valence-electron chi connectivity index (χ1n) is 10.5. The van der Waals surface area contributed by atoms with Crippen LogP contribution in [0.2, 0.25) is 0 Å². The van der Waals surface area contributed by atoms with Crippen LogP contribution in [-0.4, -0.2) is 77.4 Å². The number of nitriles is 1. The first-order valence-corrected chi connectivity index (χ1v) is 10.5. The SMILES string of the molecule is COc1cc(N2CCN(C)CC2)ccc1Nc1nccc(-n2cc(C(=O)NCC#N)cn2)n1. The predicted octanol–water partition coefficient (Wildman–Crippen LogP) is 1.42. The third kappa shape index (κ3) is 5.19. The first-order chi connectivity index (χ1) is 16.1. The lowest BCUT2D eigenvalue weighted by atomic mass is 10.2. The van der Waals surface area contributed by atoms with Gasteiger partial charge in [-0.1, -0.05) is 0 Å². The molecule has 0 radical (unpaired) electrons. The number of hydrogen-bond donors (Lipinski definition) is 2. The third-order valence-electron chi connectivity index (χ3n) is 5.35. The van der Waals surface area contributed by atoms with E-state index < -0.39 is 0 Å². The molecule has 0 spiro atoms. The molecule has 1 fully saturated rings. The molecule has 1 aromatic carbocycles. The Labute approximate surface area is 191 Å². The topological polar surface area (TPSA) is 124 Å². The number of methoxy groups -OCH3 is 1. The van der Waals surface area contributed by atoms with E-state index in [1.54, 1.807) is 25.6 Å². The molecule has 0 atom stereocenters. The summed E-state index contributed by atoms with van der Waals surface area (Å²) in [5.41, 5.74) is 2.18. The summed E-state index contributed by atoms with van der Waals surface area (Å²) >= 11 is 0. The van der Waals surface area contributed by atoms with Gasteiger partial charge >= 0.3 is 0 Å². The van der Waals surface area contributed by atoms with Crippen LogP contribution in [0.1, 0.15) is 10.4 Å². The fourth-order valence-electron chi connectivity index (χ4n) is 3.49. The summed E-state index contributed by atoms with van der Waals surface area (Å²) in [5.74, 6) is 1.17. The molecule has 1 aliphatic rings. The van der Waals surface area contributed by atoms with E-state index in [0.29, 0.717) is 23.1 Å². The number of benzene rings is 1. The maximum atomic E-state index is 12.0. The van der Waals surface area contributed by atoms with Crippen molar-refractivity contribution in [1.29, 1.82) is 5.26 Å². The van der Waals surface area contributed by atoms with E-state index in [0.717, 1.165) is 37.6 Å². The van der Waals surface area contributed by atoms with E-state index in [1.807, 2.05) is 18.2 Å². The molecule has 2 N–H and O–H groups in total. The second-order valence-corrected chi connectivity index (χ2v) is 7.55. The highest BCUT2D eigenvalue weighted by molar-refractivity contribution is 5.93. The number of hydrogen-bond acceptors (Lipinski definition) is 9. The summed E-state index contributed by atoms with van der Waals surface area (Å²) in [6.07, 6.45) is 4.57. The van der Waals surface area contributed by atoms with Crippen LogP contribution in [0.4, 0.5) is 17.3 Å². The molecule has 33 heavy (non-hydrogen) atoms. The highest BCUT2D eigenvalue weighted by Crippen LogP contribution is 2.31. The van der Waals surface area contributed by atoms with Crippen LogP contribution >= 0.6 is 0 Å². The van der Waals surface area contributed by atoms with Gasteiger partial charge in [0, 0.05) is 56.4 Å². The fourth-order valence-corrected chi connectivity index (χ4v) is 3.49. The number of piperazine rings is 1. The molecule has 3 heterocycles. The third-order valence-corrected chi connectivity index (χ3v) is 5.35. The van der Waals surface area contributed by atoms with Crippen molar-refractivity contribution in [2.45, 2.75) is 0 Å². The second kappa shape index (κ2) is 9.97. The molecule has 11 nitrogen and oxygen atoms in total. The zero-order chi connectivity index (χ0) is 23.2. The summed E-state index contributed by atoms with van der Waals surface area (Å²) < 4.78 is 7.08. The minimum Gasteiger partial charge on any atom is -0.494 e. The monoisotopic (exact) mass is 447 g/mol. The van der Waals surface area contributed by atoms with Gasteiger partial charge in [0.1, 0.15) is 12.3 Å². The van der Waals surface area contributed by atoms with Gasteiger partial charge in [-0.15, -0.1) is 0 Å². The molecule has 170 valence electrons. The highest BCUT2D eigenvalue weighted by atomic mass is 16.5. The van der Waals surface area contributed by atoms with Crippen molar-refractivity contribution < 1.29 is 9.53 Å². The van der Waals surface area contributed by atoms with E-state index in [1.165, 1.54) is 10.9 Å². The minimum atomic E-state index is -0.375. The van der Waals surface area contributed by atoms with Crippen molar-refractivity contribution in [3.8, 4) is 17.6 Å². The van der Waals surface area contributed by atoms with Crippen molar-refractivity contribution in [1.82, 2.24) is 30.0 Å². The largest absolute Gasteiger partial charge is 0.494 e. The van der Waals surface area contributed by atoms with Gasteiger partial charge in [0.05, 0.1) is 30.6 Å². The normalized spacial score (nSPS) is 13.9. The number of amides is 1. The van der Waals surface area contributed by atoms with Crippen molar-refractivity contribution in [2.24, 2.45) is 0 Å². The molecular weight excluding hydrogens is 422 g/mol. The van der Waals surface area contributed by atoms with Gasteiger partial charge in [-0.25, -0.2) is 9.67 Å². The molecule has 2 aromatic heterocycles. The highest BCUT2D eigenvalue weighted by Gasteiger charge is 2.16. The maximum Gasteiger partial charge on any atom is 0.255 e. The zero-order valence-corrected chi connectivity index (χ0v) is 18.5. The van der Waals surface area contributed by atoms with Gasteiger partial charge in [-0.05, 0) is 19.2 Å². The Morgan fingerprint density at radius 3 is 2.82 bits per heavy atom. The average Bonchev–Trinajstić information content (AvgIpc) is 3.34. The Morgan fingerprint density at radius 2 is 2.06 bits per heavy atom. The Bertz CT molecular complexity index is 1160. The number of aromatic nitrogens is 4. The van der Waals surface area contributed by atoms with E-state index in [9.17, 15) is 4.79 Å². The number of carbonyl (C=O) groups is 1. The van der Waals surface area contributed by atoms with Crippen LogP contribution in [0.25, 0.3) is 5.82 Å². The van der Waals surface area contributed by atoms with Crippen molar-refractivity contribution in [2.75, 3.05) is 57.1 Å². The summed E-state index contributed by atoms with van der Waals surface area (Å²) in [5, 5.41) is 18.5. The van der Waals surface area contributed by atoms with Gasteiger partial charge in [0.15, 0.2) is 5.82 Å². The molecule has 1 aliphatic heterocycles. The number of likely N-dealkylation sites (N-methyl/N-ethyl adjacent to an activating group) is 1. The van der Waals surface area contributed by atoms with Crippen LogP contribution in [0.15, 0.2) is 42.9 Å². The zero-order valence-electron chi connectivity index (χ0n) is 18.5. The fraction of sp³-hybridized carbons (Fsp3) is 0.318. The molecule has 4 rings (SSSR count). The van der Waals surface area contributed by atoms with E-state index in [-0.39, 0.29) is 12.5 Å². The molecule has 3 aromatic rings. The summed E-state index contributed by atoms with van der Waals surface area (Å²) in [4.78, 5) is 25.4. The van der Waals surface area contributed by atoms with E-state index in [4.69, 9.17) is 10.00 Å². The van der Waals surface area contributed by atoms with Crippen LogP contribution in [0.3, 0.4) is 0 Å². The number of ether oxygens (including phenoxy) is 1. The van der Waals surface area contributed by atoms with E-state index in [2.05, 4.69) is 48.6 Å². The maximum absolute atomic E-state index is 12.0. The summed E-state index contributed by atoms with van der Waals surface area (Å²) in [6, 6.07) is 9.57. The lowest BCUT2D eigenvalue weighted by Gasteiger charge is -2.34. The van der Waals surface area contributed by atoms with Gasteiger partial charge in [-0.2, -0.15) is 15.3 Å². The van der Waals surface area contributed by atoms with E-state index >= 15 is 0 Å². The molecule has 1 amide bonds. The van der Waals surface area contributed by atoms with Crippen LogP contribution in [-0.2, 0) is 0 Å². The minimum absolute atomic E-state index is 0.0684. The molecule has 0 bridgehead atoms. The quantitative estimate of drug-likeness (QED) is 0.517. The molecule has 0 unspecified atom stereocenters. The van der Waals surface area contributed by atoms with Crippen molar-refractivity contribution in [3.63, 3.8) is 0 Å². The number of nitrogens with one attached hydrogen (secondary N) is 2. The molecule has 0 saturated carbocycles. The van der Waals surface area contributed by atoms with Gasteiger partial charge in [0.25, 0.3) is 5.91 Å². The smallest absolute Gasteiger partial charge is 0.255 e. The molecule has 1 saturated heterocycles. The number of anilines is 3. The Morgan fingerprint density at radius 1 is 1.24 bits per heavy atom. The Kier molecular flexibility index (Phi) is 6.66. The predicted molar refractivity (Wildman–Crippen MR) is 123 cm³/mol. The van der Waals surface area contributed by atoms with Gasteiger partial charge in [-0.3, -0.25) is 4.79 Å². The van der Waals surface area contributed by atoms with Crippen LogP contribution < -0.4 is 20.3 Å². The van der Waals surface area contributed by atoms with Crippen molar-refractivity contribution >= 4 is 23.2 Å². The number of carbonyl (C=O) groups excluding carboxylic acids is 1. The average molecular weight is 448 g/mol. The van der Waals surface area contributed by atoms with Gasteiger partial charge < -0.3 is 25.2 Å². The standard InChI is InChI=1S/C22H25N9O2/c1-29-9-11-30(12-10-29)17-3-4-18(19(13-17)33-2)27-22-25-7-5-20(28-22)31-15-16(14-26-31)21(32)24-8-6-23/h3-5,7,13-15H,8-12H2,1-2H3,(H,24,32)(H,25,27,28). The summed E-state index contributed by atoms with van der Waals surface area (Å²) in [6.45, 7) is 3.92. The Balaban J connectivity index is 1.50. The number of nitrogens with zero attached hydrogens (tertiary/aromatic N) is 7. The second-order valence-electron chi connectivity index (χ2n) is 7.55. The van der Waals surface area contributed by atoms with Gasteiger partial charge in [0.2, 0.25) is 5.95 Å². The molecule has 0 aliphatic carbocycles. The number of rotatable bonds is 7. The Hall–Kier alpha value is -4.17. The summed E-state index contributed by atoms with van der Waals surface area (Å²) in [7, 11) is 3.76. The lowest BCUT2D eigenvalue weighted by molar-refractivity contribution is 0.0958.